The van der Waals surface area contributed by atoms with E-state index in [0.717, 1.165) is 30.7 Å². The molecule has 2 aliphatic rings. The quantitative estimate of drug-likeness (QED) is 0.602. The van der Waals surface area contributed by atoms with Gasteiger partial charge in [-0.05, 0) is 25.2 Å². The second-order valence-corrected chi connectivity index (χ2v) is 8.69. The number of hydrogen-bond acceptors (Lipinski definition) is 4. The summed E-state index contributed by atoms with van der Waals surface area (Å²) in [5.74, 6) is 2.34. The molecule has 1 aliphatic heterocycles. The van der Waals surface area contributed by atoms with E-state index in [9.17, 15) is 0 Å². The van der Waals surface area contributed by atoms with Crippen molar-refractivity contribution in [3.05, 3.63) is 16.1 Å². The van der Waals surface area contributed by atoms with Crippen molar-refractivity contribution in [3.63, 3.8) is 0 Å². The van der Waals surface area contributed by atoms with Crippen LogP contribution in [0.5, 0.6) is 0 Å². The van der Waals surface area contributed by atoms with Crippen LogP contribution in [0.25, 0.3) is 0 Å². The van der Waals surface area contributed by atoms with E-state index in [4.69, 9.17) is 0 Å². The minimum atomic E-state index is 0.500. The molecule has 1 atom stereocenters. The molecule has 2 N–H and O–H groups in total. The van der Waals surface area contributed by atoms with Gasteiger partial charge in [-0.15, -0.1) is 11.3 Å². The average molecular weight is 364 g/mol. The number of nitrogens with one attached hydrogen (secondary N) is 2. The van der Waals surface area contributed by atoms with Crippen LogP contribution >= 0.6 is 11.3 Å². The Hall–Kier alpha value is -1.14. The first-order valence-corrected chi connectivity index (χ1v) is 10.7. The van der Waals surface area contributed by atoms with Gasteiger partial charge in [-0.3, -0.25) is 4.99 Å². The van der Waals surface area contributed by atoms with Gasteiger partial charge in [-0.1, -0.05) is 26.7 Å². The van der Waals surface area contributed by atoms with E-state index in [1.54, 1.807) is 11.3 Å². The lowest BCUT2D eigenvalue weighted by Crippen LogP contribution is -2.44. The topological polar surface area (TPSA) is 52.6 Å². The second-order valence-electron chi connectivity index (χ2n) is 7.80. The Morgan fingerprint density at radius 1 is 1.36 bits per heavy atom. The first-order valence-electron chi connectivity index (χ1n) is 9.78. The molecule has 2 fully saturated rings. The van der Waals surface area contributed by atoms with Crippen molar-refractivity contribution in [2.24, 2.45) is 10.9 Å². The fourth-order valence-electron chi connectivity index (χ4n) is 3.91. The fourth-order valence-corrected chi connectivity index (χ4v) is 4.74. The van der Waals surface area contributed by atoms with Crippen molar-refractivity contribution in [1.82, 2.24) is 20.5 Å². The summed E-state index contributed by atoms with van der Waals surface area (Å²) < 4.78 is 0. The van der Waals surface area contributed by atoms with Crippen molar-refractivity contribution < 1.29 is 0 Å². The van der Waals surface area contributed by atoms with E-state index in [1.165, 1.54) is 50.2 Å². The molecule has 0 bridgehead atoms. The lowest BCUT2D eigenvalue weighted by Gasteiger charge is -2.21. The number of hydrogen-bond donors (Lipinski definition) is 2. The van der Waals surface area contributed by atoms with Gasteiger partial charge in [0, 0.05) is 44.0 Å². The third kappa shape index (κ3) is 5.42. The van der Waals surface area contributed by atoms with Crippen LogP contribution in [-0.2, 0) is 6.54 Å². The highest BCUT2D eigenvalue weighted by Gasteiger charge is 2.26. The maximum Gasteiger partial charge on any atom is 0.191 e. The highest BCUT2D eigenvalue weighted by molar-refractivity contribution is 7.09. The molecule has 1 saturated heterocycles. The average Bonchev–Trinajstić information content (AvgIpc) is 3.34. The van der Waals surface area contributed by atoms with E-state index in [2.05, 4.69) is 44.7 Å². The third-order valence-corrected chi connectivity index (χ3v) is 6.52. The summed E-state index contributed by atoms with van der Waals surface area (Å²) in [6.45, 7) is 8.77. The van der Waals surface area contributed by atoms with Crippen LogP contribution in [-0.4, -0.2) is 48.6 Å². The number of aliphatic imine (C=N–C) groups is 1. The normalized spacial score (nSPS) is 22.9. The van der Waals surface area contributed by atoms with E-state index >= 15 is 0 Å². The first kappa shape index (κ1) is 18.6. The van der Waals surface area contributed by atoms with Crippen molar-refractivity contribution in [3.8, 4) is 0 Å². The number of rotatable bonds is 6. The van der Waals surface area contributed by atoms with Gasteiger partial charge in [0.15, 0.2) is 5.96 Å². The monoisotopic (exact) mass is 363 g/mol. The van der Waals surface area contributed by atoms with Crippen LogP contribution in [0.1, 0.15) is 62.6 Å². The van der Waals surface area contributed by atoms with Gasteiger partial charge < -0.3 is 15.5 Å². The molecular formula is C19H33N5S. The Morgan fingerprint density at radius 2 is 2.16 bits per heavy atom. The number of nitrogens with zero attached hydrogens (tertiary/aromatic N) is 3. The second kappa shape index (κ2) is 8.99. The summed E-state index contributed by atoms with van der Waals surface area (Å²) in [7, 11) is 1.85. The van der Waals surface area contributed by atoms with E-state index in [1.807, 2.05) is 7.05 Å². The molecule has 1 unspecified atom stereocenters. The molecule has 140 valence electrons. The smallest absolute Gasteiger partial charge is 0.191 e. The summed E-state index contributed by atoms with van der Waals surface area (Å²) in [5.41, 5.74) is 1.10. The van der Waals surface area contributed by atoms with Crippen LogP contribution in [0.3, 0.4) is 0 Å². The third-order valence-electron chi connectivity index (χ3n) is 5.33. The van der Waals surface area contributed by atoms with Gasteiger partial charge in [-0.2, -0.15) is 0 Å². The molecule has 2 heterocycles. The van der Waals surface area contributed by atoms with Crippen molar-refractivity contribution in [2.45, 2.75) is 64.5 Å². The van der Waals surface area contributed by atoms with E-state index in [0.29, 0.717) is 12.0 Å². The minimum absolute atomic E-state index is 0.500. The molecule has 0 spiro atoms. The van der Waals surface area contributed by atoms with Crippen LogP contribution in [0.4, 0.5) is 0 Å². The fraction of sp³-hybridized carbons (Fsp3) is 0.789. The number of likely N-dealkylation sites (tertiary alicyclic amines) is 1. The summed E-state index contributed by atoms with van der Waals surface area (Å²) in [6, 6.07) is 0.509. The van der Waals surface area contributed by atoms with Crippen molar-refractivity contribution in [1.29, 1.82) is 0 Å². The van der Waals surface area contributed by atoms with Crippen LogP contribution in [0.2, 0.25) is 0 Å². The van der Waals surface area contributed by atoms with Gasteiger partial charge in [0.1, 0.15) is 0 Å². The molecule has 0 aromatic carbocycles. The lowest BCUT2D eigenvalue weighted by molar-refractivity contribution is 0.275. The summed E-state index contributed by atoms with van der Waals surface area (Å²) in [4.78, 5) is 11.7. The summed E-state index contributed by atoms with van der Waals surface area (Å²) in [5, 5.41) is 10.4. The Kier molecular flexibility index (Phi) is 6.70. The lowest BCUT2D eigenvalue weighted by atomic mass is 10.1. The number of aromatic nitrogens is 1. The molecule has 0 amide bonds. The highest BCUT2D eigenvalue weighted by atomic mass is 32.1. The predicted molar refractivity (Wildman–Crippen MR) is 106 cm³/mol. The molecule has 1 aromatic heterocycles. The van der Waals surface area contributed by atoms with Crippen LogP contribution < -0.4 is 10.6 Å². The van der Waals surface area contributed by atoms with Crippen molar-refractivity contribution in [2.75, 3.05) is 26.7 Å². The summed E-state index contributed by atoms with van der Waals surface area (Å²) >= 11 is 1.75. The van der Waals surface area contributed by atoms with Gasteiger partial charge >= 0.3 is 0 Å². The Balaban J connectivity index is 1.41. The molecule has 5 nitrogen and oxygen atoms in total. The Labute approximate surface area is 156 Å². The van der Waals surface area contributed by atoms with Crippen LogP contribution in [0, 0.1) is 5.92 Å². The standard InChI is InChI=1S/C19H33N5S/c1-14(2)18-22-17(13-25-18)10-21-19(20-3)23-16-8-9-24(12-16)11-15-6-4-5-7-15/h13-16H,4-12H2,1-3H3,(H2,20,21,23). The molecule has 3 rings (SSSR count). The first-order chi connectivity index (χ1) is 12.1. The number of guanidine groups is 1. The zero-order valence-electron chi connectivity index (χ0n) is 15.9. The minimum Gasteiger partial charge on any atom is -0.352 e. The molecule has 1 aliphatic carbocycles. The van der Waals surface area contributed by atoms with Gasteiger partial charge in [0.2, 0.25) is 0 Å². The van der Waals surface area contributed by atoms with E-state index in [-0.39, 0.29) is 0 Å². The molecule has 1 aromatic rings. The maximum atomic E-state index is 4.68. The predicted octanol–water partition coefficient (Wildman–Crippen LogP) is 3.20. The Bertz CT molecular complexity index is 562. The molecular weight excluding hydrogens is 330 g/mol. The molecule has 0 radical (unpaired) electrons. The van der Waals surface area contributed by atoms with Crippen LogP contribution in [0.15, 0.2) is 10.4 Å². The summed E-state index contributed by atoms with van der Waals surface area (Å²) in [6.07, 6.45) is 6.95. The zero-order valence-corrected chi connectivity index (χ0v) is 16.7. The van der Waals surface area contributed by atoms with Gasteiger partial charge in [0.05, 0.1) is 17.2 Å². The SMILES string of the molecule is CN=C(NCc1csc(C(C)C)n1)NC1CCN(CC2CCCC2)C1. The van der Waals surface area contributed by atoms with Gasteiger partial charge in [0.25, 0.3) is 0 Å². The Morgan fingerprint density at radius 3 is 2.84 bits per heavy atom. The highest BCUT2D eigenvalue weighted by Crippen LogP contribution is 2.26. The van der Waals surface area contributed by atoms with Crippen molar-refractivity contribution >= 4 is 17.3 Å². The zero-order chi connectivity index (χ0) is 17.6. The molecule has 1 saturated carbocycles. The number of thiazole rings is 1. The largest absolute Gasteiger partial charge is 0.352 e. The molecule has 6 heteroatoms. The van der Waals surface area contributed by atoms with E-state index < -0.39 is 0 Å². The van der Waals surface area contributed by atoms with Gasteiger partial charge in [-0.25, -0.2) is 4.98 Å². The molecule has 25 heavy (non-hydrogen) atoms. The maximum absolute atomic E-state index is 4.68.